The minimum absolute atomic E-state index is 0.0148. The van der Waals surface area contributed by atoms with Gasteiger partial charge in [0.2, 0.25) is 5.91 Å². The Hall–Kier alpha value is -2.61. The van der Waals surface area contributed by atoms with Crippen LogP contribution in [0.15, 0.2) is 22.9 Å². The lowest BCUT2D eigenvalue weighted by molar-refractivity contribution is -0.126. The summed E-state index contributed by atoms with van der Waals surface area (Å²) in [5.74, 6) is 1.57. The van der Waals surface area contributed by atoms with Gasteiger partial charge in [-0.1, -0.05) is 0 Å². The van der Waals surface area contributed by atoms with Gasteiger partial charge in [0.1, 0.15) is 11.5 Å². The molecule has 2 aromatic rings. The van der Waals surface area contributed by atoms with Gasteiger partial charge in [-0.2, -0.15) is 5.10 Å². The molecule has 0 N–H and O–H groups in total. The normalized spacial score (nSPS) is 21.4. The van der Waals surface area contributed by atoms with E-state index in [4.69, 9.17) is 4.42 Å². The zero-order chi connectivity index (χ0) is 19.8. The molecule has 2 aliphatic rings. The van der Waals surface area contributed by atoms with E-state index in [1.165, 1.54) is 0 Å². The van der Waals surface area contributed by atoms with Crippen LogP contribution >= 0.6 is 0 Å². The SMILES string of the molecule is Cc1cc(C(=O)N2CCN([C@@H]3CCCN(c4cnn(C)c4)C3=O)CC2)c(C)o1. The van der Waals surface area contributed by atoms with E-state index in [0.29, 0.717) is 37.5 Å². The predicted molar refractivity (Wildman–Crippen MR) is 104 cm³/mol. The van der Waals surface area contributed by atoms with E-state index in [1.807, 2.05) is 36.9 Å². The van der Waals surface area contributed by atoms with Crippen LogP contribution < -0.4 is 4.90 Å². The molecule has 0 aliphatic carbocycles. The van der Waals surface area contributed by atoms with Gasteiger partial charge in [-0.05, 0) is 32.8 Å². The Morgan fingerprint density at radius 3 is 2.54 bits per heavy atom. The second-order valence-corrected chi connectivity index (χ2v) is 7.68. The molecule has 2 amide bonds. The number of carbonyl (C=O) groups is 2. The van der Waals surface area contributed by atoms with Crippen LogP contribution in [-0.2, 0) is 11.8 Å². The largest absolute Gasteiger partial charge is 0.466 e. The number of rotatable bonds is 3. The third kappa shape index (κ3) is 3.44. The minimum atomic E-state index is -0.121. The highest BCUT2D eigenvalue weighted by Crippen LogP contribution is 2.25. The number of amides is 2. The summed E-state index contributed by atoms with van der Waals surface area (Å²) in [7, 11) is 1.86. The molecule has 0 spiro atoms. The molecule has 0 bridgehead atoms. The Labute approximate surface area is 164 Å². The molecule has 2 aromatic heterocycles. The average Bonchev–Trinajstić information content (AvgIpc) is 3.26. The Kier molecular flexibility index (Phi) is 4.97. The number of aryl methyl sites for hydroxylation is 3. The molecule has 28 heavy (non-hydrogen) atoms. The maximum absolute atomic E-state index is 13.1. The van der Waals surface area contributed by atoms with Crippen LogP contribution in [0.5, 0.6) is 0 Å². The maximum Gasteiger partial charge on any atom is 0.257 e. The van der Waals surface area contributed by atoms with Gasteiger partial charge >= 0.3 is 0 Å². The highest BCUT2D eigenvalue weighted by Gasteiger charge is 2.36. The monoisotopic (exact) mass is 385 g/mol. The number of aromatic nitrogens is 2. The van der Waals surface area contributed by atoms with Crippen molar-refractivity contribution < 1.29 is 14.0 Å². The molecular formula is C20H27N5O3. The van der Waals surface area contributed by atoms with Gasteiger partial charge in [-0.3, -0.25) is 19.2 Å². The summed E-state index contributed by atoms with van der Waals surface area (Å²) < 4.78 is 7.22. The molecule has 4 rings (SSSR count). The van der Waals surface area contributed by atoms with Gasteiger partial charge in [-0.25, -0.2) is 0 Å². The Morgan fingerprint density at radius 1 is 1.18 bits per heavy atom. The third-order valence-corrected chi connectivity index (χ3v) is 5.73. The van der Waals surface area contributed by atoms with Gasteiger partial charge in [0.15, 0.2) is 0 Å². The summed E-state index contributed by atoms with van der Waals surface area (Å²) in [5.41, 5.74) is 1.50. The Bertz CT molecular complexity index is 878. The number of hydrogen-bond donors (Lipinski definition) is 0. The fraction of sp³-hybridized carbons (Fsp3) is 0.550. The predicted octanol–water partition coefficient (Wildman–Crippen LogP) is 1.58. The first kappa shape index (κ1) is 18.7. The van der Waals surface area contributed by atoms with Crippen molar-refractivity contribution in [1.82, 2.24) is 19.6 Å². The molecule has 8 heteroatoms. The lowest BCUT2D eigenvalue weighted by atomic mass is 10.0. The van der Waals surface area contributed by atoms with Gasteiger partial charge in [0.25, 0.3) is 5.91 Å². The topological polar surface area (TPSA) is 74.8 Å². The van der Waals surface area contributed by atoms with Crippen molar-refractivity contribution in [3.8, 4) is 0 Å². The molecule has 0 radical (unpaired) electrons. The summed E-state index contributed by atoms with van der Waals surface area (Å²) >= 11 is 0. The Morgan fingerprint density at radius 2 is 1.93 bits per heavy atom. The maximum atomic E-state index is 13.1. The van der Waals surface area contributed by atoms with E-state index < -0.39 is 0 Å². The van der Waals surface area contributed by atoms with Crippen LogP contribution in [0.1, 0.15) is 34.7 Å². The minimum Gasteiger partial charge on any atom is -0.466 e. The summed E-state index contributed by atoms with van der Waals surface area (Å²) in [5, 5.41) is 4.19. The molecular weight excluding hydrogens is 358 g/mol. The number of furan rings is 1. The standard InChI is InChI=1S/C20H27N5O3/c1-14-11-17(15(2)28-14)19(26)24-9-7-23(8-10-24)18-5-4-6-25(20(18)27)16-12-21-22(3)13-16/h11-13,18H,4-10H2,1-3H3/t18-/m1/s1. The highest BCUT2D eigenvalue weighted by atomic mass is 16.3. The van der Waals surface area contributed by atoms with E-state index >= 15 is 0 Å². The number of nitrogens with zero attached hydrogens (tertiary/aromatic N) is 5. The molecule has 2 saturated heterocycles. The van der Waals surface area contributed by atoms with Crippen LogP contribution in [0.2, 0.25) is 0 Å². The third-order valence-electron chi connectivity index (χ3n) is 5.73. The summed E-state index contributed by atoms with van der Waals surface area (Å²) in [6.07, 6.45) is 5.46. The van der Waals surface area contributed by atoms with E-state index in [-0.39, 0.29) is 17.9 Å². The number of piperazine rings is 1. The average molecular weight is 385 g/mol. The first-order chi connectivity index (χ1) is 13.4. The number of piperidine rings is 1. The fourth-order valence-electron chi connectivity index (χ4n) is 4.25. The summed E-state index contributed by atoms with van der Waals surface area (Å²) in [6, 6.07) is 1.68. The van der Waals surface area contributed by atoms with Crippen molar-refractivity contribution in [2.75, 3.05) is 37.6 Å². The lowest BCUT2D eigenvalue weighted by Crippen LogP contribution is -2.58. The van der Waals surface area contributed by atoms with Crippen molar-refractivity contribution in [2.24, 2.45) is 7.05 Å². The Balaban J connectivity index is 1.40. The highest BCUT2D eigenvalue weighted by molar-refractivity contribution is 5.98. The smallest absolute Gasteiger partial charge is 0.257 e. The zero-order valence-electron chi connectivity index (χ0n) is 16.7. The summed E-state index contributed by atoms with van der Waals surface area (Å²) in [6.45, 7) is 7.07. The first-order valence-electron chi connectivity index (χ1n) is 9.84. The van der Waals surface area contributed by atoms with E-state index in [0.717, 1.165) is 30.8 Å². The molecule has 0 aromatic carbocycles. The van der Waals surface area contributed by atoms with Gasteiger partial charge in [0.05, 0.1) is 23.5 Å². The van der Waals surface area contributed by atoms with Crippen molar-refractivity contribution in [3.63, 3.8) is 0 Å². The van der Waals surface area contributed by atoms with Crippen LogP contribution in [0, 0.1) is 13.8 Å². The van der Waals surface area contributed by atoms with Crippen molar-refractivity contribution in [2.45, 2.75) is 32.7 Å². The van der Waals surface area contributed by atoms with Crippen LogP contribution in [-0.4, -0.2) is 70.2 Å². The zero-order valence-corrected chi connectivity index (χ0v) is 16.7. The quantitative estimate of drug-likeness (QED) is 0.802. The molecule has 0 saturated carbocycles. The number of anilines is 1. The molecule has 2 aliphatic heterocycles. The van der Waals surface area contributed by atoms with Gasteiger partial charge in [-0.15, -0.1) is 0 Å². The van der Waals surface area contributed by atoms with Crippen molar-refractivity contribution in [1.29, 1.82) is 0 Å². The summed E-state index contributed by atoms with van der Waals surface area (Å²) in [4.78, 5) is 31.8. The lowest BCUT2D eigenvalue weighted by Gasteiger charge is -2.42. The van der Waals surface area contributed by atoms with E-state index in [2.05, 4.69) is 10.00 Å². The van der Waals surface area contributed by atoms with E-state index in [1.54, 1.807) is 16.9 Å². The van der Waals surface area contributed by atoms with Gasteiger partial charge in [0, 0.05) is 46.0 Å². The number of hydrogen-bond acceptors (Lipinski definition) is 5. The molecule has 8 nitrogen and oxygen atoms in total. The van der Waals surface area contributed by atoms with Crippen molar-refractivity contribution >= 4 is 17.5 Å². The van der Waals surface area contributed by atoms with E-state index in [9.17, 15) is 9.59 Å². The number of carbonyl (C=O) groups excluding carboxylic acids is 2. The first-order valence-corrected chi connectivity index (χ1v) is 9.84. The van der Waals surface area contributed by atoms with Crippen molar-refractivity contribution in [3.05, 3.63) is 35.5 Å². The molecule has 2 fully saturated rings. The van der Waals surface area contributed by atoms with Crippen LogP contribution in [0.3, 0.4) is 0 Å². The van der Waals surface area contributed by atoms with Crippen LogP contribution in [0.4, 0.5) is 5.69 Å². The second-order valence-electron chi connectivity index (χ2n) is 7.68. The molecule has 1 atom stereocenters. The van der Waals surface area contributed by atoms with Gasteiger partial charge < -0.3 is 14.2 Å². The second kappa shape index (κ2) is 7.43. The molecule has 0 unspecified atom stereocenters. The molecule has 4 heterocycles. The fourth-order valence-corrected chi connectivity index (χ4v) is 4.25. The molecule has 150 valence electrons. The van der Waals surface area contributed by atoms with Crippen LogP contribution in [0.25, 0.3) is 0 Å².